The van der Waals surface area contributed by atoms with Crippen molar-refractivity contribution in [3.63, 3.8) is 0 Å². The predicted molar refractivity (Wildman–Crippen MR) is 97.0 cm³/mol. The molecule has 0 aromatic carbocycles. The molecule has 0 aromatic heterocycles. The van der Waals surface area contributed by atoms with Gasteiger partial charge in [-0.3, -0.25) is 29.0 Å². The highest BCUT2D eigenvalue weighted by molar-refractivity contribution is 8.16. The maximum atomic E-state index is 12.6. The summed E-state index contributed by atoms with van der Waals surface area (Å²) < 4.78 is 4.67. The lowest BCUT2D eigenvalue weighted by atomic mass is 10.1. The van der Waals surface area contributed by atoms with Crippen LogP contribution in [0.25, 0.3) is 0 Å². The van der Waals surface area contributed by atoms with E-state index >= 15 is 0 Å². The highest BCUT2D eigenvalue weighted by Crippen LogP contribution is 2.39. The van der Waals surface area contributed by atoms with E-state index in [1.807, 2.05) is 0 Å². The largest absolute Gasteiger partial charge is 0.446 e. The van der Waals surface area contributed by atoms with Crippen LogP contribution in [0.1, 0.15) is 45.4 Å². The number of carbonyl (C=O) groups is 4. The molecule has 2 atom stereocenters. The van der Waals surface area contributed by atoms with Gasteiger partial charge >= 0.3 is 0 Å². The number of hydrogen-bond donors (Lipinski definition) is 0. The summed E-state index contributed by atoms with van der Waals surface area (Å²) in [4.78, 5) is 49.7. The molecule has 0 aliphatic carbocycles. The Balaban J connectivity index is 1.87. The minimum atomic E-state index is -0.626. The minimum absolute atomic E-state index is 0.185. The van der Waals surface area contributed by atoms with E-state index in [9.17, 15) is 19.2 Å². The van der Waals surface area contributed by atoms with E-state index in [1.165, 1.54) is 40.8 Å². The molecule has 0 spiro atoms. The fourth-order valence-electron chi connectivity index (χ4n) is 2.88. The van der Waals surface area contributed by atoms with Crippen molar-refractivity contribution in [2.24, 2.45) is 0 Å². The average molecular weight is 389 g/mol. The molecule has 9 heteroatoms. The van der Waals surface area contributed by atoms with Crippen molar-refractivity contribution >= 4 is 47.0 Å². The normalized spacial score (nSPS) is 23.6. The number of amides is 3. The van der Waals surface area contributed by atoms with Crippen LogP contribution in [0.15, 0.2) is 0 Å². The second-order valence-corrected chi connectivity index (χ2v) is 8.22. The molecular weight excluding hydrogens is 364 g/mol. The Morgan fingerprint density at radius 2 is 1.88 bits per heavy atom. The van der Waals surface area contributed by atoms with Crippen molar-refractivity contribution in [3.05, 3.63) is 0 Å². The number of imide groups is 1. The van der Waals surface area contributed by atoms with Crippen LogP contribution in [0, 0.1) is 0 Å². The molecular formula is C16H24N2O5S2. The summed E-state index contributed by atoms with van der Waals surface area (Å²) in [5, 5.41) is -1.34. The standard InChI is InChI=1S/C16H24N2O5S2/c1-2-3-4-5-6-7-8-17-14(21)13(25-16(17)22)15-18(10-23-11-19)12(20)9-24-15/h11,13,15H,2-10H2,1H3. The average Bonchev–Trinajstić information content (AvgIpc) is 3.09. The molecule has 140 valence electrons. The summed E-state index contributed by atoms with van der Waals surface area (Å²) in [6.45, 7) is 2.68. The van der Waals surface area contributed by atoms with Gasteiger partial charge in [-0.2, -0.15) is 0 Å². The van der Waals surface area contributed by atoms with Crippen LogP contribution >= 0.6 is 23.5 Å². The Morgan fingerprint density at radius 3 is 2.60 bits per heavy atom. The highest BCUT2D eigenvalue weighted by Gasteiger charge is 2.49. The lowest BCUT2D eigenvalue weighted by Gasteiger charge is -2.25. The molecule has 0 saturated carbocycles. The maximum absolute atomic E-state index is 12.6. The minimum Gasteiger partial charge on any atom is -0.446 e. The molecule has 2 aliphatic heterocycles. The van der Waals surface area contributed by atoms with Crippen molar-refractivity contribution in [3.8, 4) is 0 Å². The molecule has 0 bridgehead atoms. The molecule has 2 saturated heterocycles. The number of thioether (sulfide) groups is 2. The zero-order chi connectivity index (χ0) is 18.2. The van der Waals surface area contributed by atoms with Crippen LogP contribution in [0.5, 0.6) is 0 Å². The first kappa shape index (κ1) is 20.1. The second-order valence-electron chi connectivity index (χ2n) is 6.02. The molecule has 0 aromatic rings. The van der Waals surface area contributed by atoms with Gasteiger partial charge in [0.2, 0.25) is 11.8 Å². The molecule has 2 fully saturated rings. The molecule has 0 N–H and O–H groups in total. The fourth-order valence-corrected chi connectivity index (χ4v) is 5.42. The fraction of sp³-hybridized carbons (Fsp3) is 0.750. The van der Waals surface area contributed by atoms with Gasteiger partial charge in [0.15, 0.2) is 6.73 Å². The van der Waals surface area contributed by atoms with Gasteiger partial charge in [0.05, 0.1) is 5.75 Å². The summed E-state index contributed by atoms with van der Waals surface area (Å²) in [5.74, 6) is -0.206. The summed E-state index contributed by atoms with van der Waals surface area (Å²) in [6.07, 6.45) is 6.51. The monoisotopic (exact) mass is 388 g/mol. The lowest BCUT2D eigenvalue weighted by Crippen LogP contribution is -2.44. The Kier molecular flexibility index (Phi) is 8.08. The van der Waals surface area contributed by atoms with Gasteiger partial charge < -0.3 is 4.74 Å². The summed E-state index contributed by atoms with van der Waals surface area (Å²) in [5.41, 5.74) is 0. The third-order valence-electron chi connectivity index (χ3n) is 4.24. The first-order valence-corrected chi connectivity index (χ1v) is 10.5. The van der Waals surface area contributed by atoms with Crippen molar-refractivity contribution in [1.82, 2.24) is 9.80 Å². The molecule has 2 aliphatic rings. The van der Waals surface area contributed by atoms with E-state index in [4.69, 9.17) is 0 Å². The zero-order valence-corrected chi connectivity index (χ0v) is 16.0. The van der Waals surface area contributed by atoms with E-state index in [-0.39, 0.29) is 36.0 Å². The third-order valence-corrected chi connectivity index (χ3v) is 6.83. The summed E-state index contributed by atoms with van der Waals surface area (Å²) in [7, 11) is 0. The Labute approximate surface area is 156 Å². The summed E-state index contributed by atoms with van der Waals surface area (Å²) in [6, 6.07) is 0. The molecule has 2 rings (SSSR count). The van der Waals surface area contributed by atoms with Crippen molar-refractivity contribution in [1.29, 1.82) is 0 Å². The quantitative estimate of drug-likeness (QED) is 0.397. The second kappa shape index (κ2) is 10.1. The van der Waals surface area contributed by atoms with Gasteiger partial charge in [-0.05, 0) is 18.2 Å². The van der Waals surface area contributed by atoms with Crippen molar-refractivity contribution < 1.29 is 23.9 Å². The SMILES string of the molecule is CCCCCCCCN1C(=O)SC(C2SCC(=O)N2COC=O)C1=O. The van der Waals surface area contributed by atoms with Gasteiger partial charge in [-0.15, -0.1) is 11.8 Å². The molecule has 2 heterocycles. The van der Waals surface area contributed by atoms with E-state index in [0.717, 1.165) is 31.0 Å². The zero-order valence-electron chi connectivity index (χ0n) is 14.3. The molecule has 2 unspecified atom stereocenters. The molecule has 7 nitrogen and oxygen atoms in total. The van der Waals surface area contributed by atoms with Crippen LogP contribution in [0.2, 0.25) is 0 Å². The third kappa shape index (κ3) is 5.13. The number of rotatable bonds is 11. The summed E-state index contributed by atoms with van der Waals surface area (Å²) >= 11 is 2.28. The van der Waals surface area contributed by atoms with Crippen LogP contribution in [0.4, 0.5) is 4.79 Å². The number of unbranched alkanes of at least 4 members (excludes halogenated alkanes) is 5. The topological polar surface area (TPSA) is 84.0 Å². The van der Waals surface area contributed by atoms with E-state index in [1.54, 1.807) is 0 Å². The van der Waals surface area contributed by atoms with Crippen LogP contribution in [-0.4, -0.2) is 63.0 Å². The Hall–Kier alpha value is -1.22. The maximum Gasteiger partial charge on any atom is 0.294 e. The van der Waals surface area contributed by atoms with E-state index < -0.39 is 10.6 Å². The number of nitrogens with zero attached hydrogens (tertiary/aromatic N) is 2. The lowest BCUT2D eigenvalue weighted by molar-refractivity contribution is -0.141. The first-order chi connectivity index (χ1) is 12.1. The van der Waals surface area contributed by atoms with Gasteiger partial charge in [-0.25, -0.2) is 0 Å². The Morgan fingerprint density at radius 1 is 1.16 bits per heavy atom. The number of ether oxygens (including phenoxy) is 1. The van der Waals surface area contributed by atoms with Crippen molar-refractivity contribution in [2.45, 2.75) is 56.1 Å². The molecule has 25 heavy (non-hydrogen) atoms. The Bertz CT molecular complexity index is 517. The van der Waals surface area contributed by atoms with Crippen LogP contribution in [-0.2, 0) is 19.1 Å². The highest BCUT2D eigenvalue weighted by atomic mass is 32.2. The number of hydrogen-bond acceptors (Lipinski definition) is 7. The molecule has 3 amide bonds. The predicted octanol–water partition coefficient (Wildman–Crippen LogP) is 2.44. The molecule has 0 radical (unpaired) electrons. The number of carbonyl (C=O) groups excluding carboxylic acids is 4. The van der Waals surface area contributed by atoms with Crippen LogP contribution < -0.4 is 0 Å². The first-order valence-electron chi connectivity index (χ1n) is 8.58. The van der Waals surface area contributed by atoms with E-state index in [2.05, 4.69) is 11.7 Å². The smallest absolute Gasteiger partial charge is 0.294 e. The van der Waals surface area contributed by atoms with Gasteiger partial charge in [0.1, 0.15) is 10.6 Å². The van der Waals surface area contributed by atoms with Gasteiger partial charge in [0.25, 0.3) is 11.7 Å². The van der Waals surface area contributed by atoms with Gasteiger partial charge in [-0.1, -0.05) is 39.0 Å². The van der Waals surface area contributed by atoms with Crippen LogP contribution in [0.3, 0.4) is 0 Å². The van der Waals surface area contributed by atoms with E-state index in [0.29, 0.717) is 6.54 Å². The van der Waals surface area contributed by atoms with Gasteiger partial charge in [0, 0.05) is 6.54 Å². The van der Waals surface area contributed by atoms with Crippen molar-refractivity contribution in [2.75, 3.05) is 19.0 Å².